The Balaban J connectivity index is 2.68. The molecule has 1 aliphatic heterocycles. The molecule has 0 aliphatic carbocycles. The lowest BCUT2D eigenvalue weighted by Gasteiger charge is -2.27. The van der Waals surface area contributed by atoms with E-state index in [4.69, 9.17) is 5.73 Å². The van der Waals surface area contributed by atoms with E-state index >= 15 is 0 Å². The van der Waals surface area contributed by atoms with Crippen molar-refractivity contribution < 1.29 is 14.7 Å². The van der Waals surface area contributed by atoms with Gasteiger partial charge in [-0.2, -0.15) is 0 Å². The Bertz CT molecular complexity index is 296. The quantitative estimate of drug-likeness (QED) is 0.630. The van der Waals surface area contributed by atoms with Crippen molar-refractivity contribution in [2.24, 2.45) is 11.7 Å². The minimum atomic E-state index is -0.691. The fourth-order valence-corrected chi connectivity index (χ4v) is 1.98. The van der Waals surface area contributed by atoms with E-state index in [1.807, 2.05) is 13.8 Å². The second-order valence-corrected chi connectivity index (χ2v) is 4.60. The van der Waals surface area contributed by atoms with Crippen LogP contribution in [0.4, 0.5) is 4.79 Å². The molecular formula is C11H21N3O3. The van der Waals surface area contributed by atoms with Gasteiger partial charge < -0.3 is 21.1 Å². The molecule has 1 saturated heterocycles. The van der Waals surface area contributed by atoms with Gasteiger partial charge >= 0.3 is 6.03 Å². The fourth-order valence-electron chi connectivity index (χ4n) is 1.98. The van der Waals surface area contributed by atoms with Crippen LogP contribution in [0, 0.1) is 5.92 Å². The summed E-state index contributed by atoms with van der Waals surface area (Å²) in [6.07, 6.45) is 0.910. The van der Waals surface area contributed by atoms with E-state index in [1.54, 1.807) is 4.90 Å². The van der Waals surface area contributed by atoms with Crippen molar-refractivity contribution in [2.75, 3.05) is 13.1 Å². The Kier molecular flexibility index (Phi) is 4.74. The van der Waals surface area contributed by atoms with E-state index < -0.39 is 18.2 Å². The third kappa shape index (κ3) is 3.59. The van der Waals surface area contributed by atoms with Gasteiger partial charge in [0, 0.05) is 13.1 Å². The summed E-state index contributed by atoms with van der Waals surface area (Å²) in [5, 5.41) is 11.9. The van der Waals surface area contributed by atoms with Gasteiger partial charge in [0.1, 0.15) is 6.04 Å². The smallest absolute Gasteiger partial charge is 0.312 e. The number of nitrogens with one attached hydrogen (secondary N) is 1. The molecule has 1 fully saturated rings. The maximum absolute atomic E-state index is 12.2. The van der Waals surface area contributed by atoms with Gasteiger partial charge in [0.15, 0.2) is 0 Å². The Morgan fingerprint density at radius 3 is 2.65 bits per heavy atom. The Morgan fingerprint density at radius 2 is 2.24 bits per heavy atom. The molecule has 2 unspecified atom stereocenters. The van der Waals surface area contributed by atoms with Crippen LogP contribution in [0.2, 0.25) is 0 Å². The van der Waals surface area contributed by atoms with E-state index in [9.17, 15) is 14.7 Å². The van der Waals surface area contributed by atoms with Crippen LogP contribution >= 0.6 is 0 Å². The van der Waals surface area contributed by atoms with Crippen LogP contribution in [-0.4, -0.2) is 47.2 Å². The van der Waals surface area contributed by atoms with Crippen LogP contribution in [0.3, 0.4) is 0 Å². The van der Waals surface area contributed by atoms with Gasteiger partial charge in [-0.05, 0) is 12.3 Å². The molecule has 98 valence electrons. The van der Waals surface area contributed by atoms with Crippen molar-refractivity contribution in [3.8, 4) is 0 Å². The highest BCUT2D eigenvalue weighted by Crippen LogP contribution is 2.15. The minimum Gasteiger partial charge on any atom is -0.391 e. The third-order valence-corrected chi connectivity index (χ3v) is 3.25. The first-order chi connectivity index (χ1) is 7.95. The number of aliphatic hydroxyl groups is 1. The highest BCUT2D eigenvalue weighted by atomic mass is 16.3. The lowest BCUT2D eigenvalue weighted by Crippen LogP contribution is -2.52. The molecule has 0 saturated carbocycles. The number of likely N-dealkylation sites (tertiary alicyclic amines) is 1. The number of nitrogens with two attached hydrogens (primary N) is 1. The standard InChI is InChI=1S/C11H21N3O3/c1-3-7(2)9(13-11(12)17)10(16)14-5-4-8(15)6-14/h7-9,15H,3-6H2,1-2H3,(H3,12,13,17)/t7?,8-,9?/m0/s1. The first-order valence-corrected chi connectivity index (χ1v) is 5.98. The summed E-state index contributed by atoms with van der Waals surface area (Å²) in [6.45, 7) is 4.72. The number of primary amides is 1. The van der Waals surface area contributed by atoms with E-state index in [2.05, 4.69) is 5.32 Å². The molecule has 6 nitrogen and oxygen atoms in total. The van der Waals surface area contributed by atoms with Crippen LogP contribution in [0.15, 0.2) is 0 Å². The van der Waals surface area contributed by atoms with Crippen LogP contribution in [0.1, 0.15) is 26.7 Å². The van der Waals surface area contributed by atoms with Crippen molar-refractivity contribution >= 4 is 11.9 Å². The van der Waals surface area contributed by atoms with Crippen molar-refractivity contribution in [1.82, 2.24) is 10.2 Å². The van der Waals surface area contributed by atoms with Crippen LogP contribution in [0.25, 0.3) is 0 Å². The van der Waals surface area contributed by atoms with E-state index in [0.717, 1.165) is 6.42 Å². The van der Waals surface area contributed by atoms with E-state index in [-0.39, 0.29) is 11.8 Å². The van der Waals surface area contributed by atoms with E-state index in [0.29, 0.717) is 19.5 Å². The predicted molar refractivity (Wildman–Crippen MR) is 63.2 cm³/mol. The molecule has 0 radical (unpaired) electrons. The molecule has 3 amide bonds. The van der Waals surface area contributed by atoms with Crippen LogP contribution < -0.4 is 11.1 Å². The maximum atomic E-state index is 12.2. The molecule has 0 spiro atoms. The zero-order chi connectivity index (χ0) is 13.0. The van der Waals surface area contributed by atoms with Gasteiger partial charge in [-0.25, -0.2) is 4.79 Å². The first-order valence-electron chi connectivity index (χ1n) is 5.98. The molecular weight excluding hydrogens is 222 g/mol. The first kappa shape index (κ1) is 13.8. The highest BCUT2D eigenvalue weighted by molar-refractivity contribution is 5.87. The molecule has 0 aromatic rings. The largest absolute Gasteiger partial charge is 0.391 e. The highest BCUT2D eigenvalue weighted by Gasteiger charge is 2.33. The molecule has 4 N–H and O–H groups in total. The normalized spacial score (nSPS) is 23.2. The summed E-state index contributed by atoms with van der Waals surface area (Å²) in [6, 6.07) is -1.29. The molecule has 0 aromatic heterocycles. The molecule has 0 bridgehead atoms. The van der Waals surface area contributed by atoms with Gasteiger partial charge in [0.25, 0.3) is 0 Å². The summed E-state index contributed by atoms with van der Waals surface area (Å²) in [7, 11) is 0. The van der Waals surface area contributed by atoms with Gasteiger partial charge in [-0.3, -0.25) is 4.79 Å². The summed E-state index contributed by atoms with van der Waals surface area (Å²) in [4.78, 5) is 24.7. The number of hydrogen-bond donors (Lipinski definition) is 3. The average Bonchev–Trinajstić information content (AvgIpc) is 2.70. The molecule has 17 heavy (non-hydrogen) atoms. The number of β-amino-alcohol motifs (C(OH)–C–C–N with tert-alkyl or cyclic N) is 1. The van der Waals surface area contributed by atoms with Crippen molar-refractivity contribution in [2.45, 2.75) is 38.8 Å². The topological polar surface area (TPSA) is 95.7 Å². The van der Waals surface area contributed by atoms with Gasteiger partial charge in [0.05, 0.1) is 6.10 Å². The van der Waals surface area contributed by atoms with Crippen molar-refractivity contribution in [1.29, 1.82) is 0 Å². The number of carbonyl (C=O) groups excluding carboxylic acids is 2. The van der Waals surface area contributed by atoms with E-state index in [1.165, 1.54) is 0 Å². The molecule has 1 rings (SSSR count). The van der Waals surface area contributed by atoms with Crippen molar-refractivity contribution in [3.63, 3.8) is 0 Å². The number of urea groups is 1. The van der Waals surface area contributed by atoms with Crippen LogP contribution in [0.5, 0.6) is 0 Å². The predicted octanol–water partition coefficient (Wildman–Crippen LogP) is -0.337. The number of rotatable bonds is 4. The molecule has 0 aromatic carbocycles. The van der Waals surface area contributed by atoms with Gasteiger partial charge in [-0.1, -0.05) is 20.3 Å². The molecule has 1 aliphatic rings. The van der Waals surface area contributed by atoms with Gasteiger partial charge in [0.2, 0.25) is 5.91 Å². The monoisotopic (exact) mass is 243 g/mol. The minimum absolute atomic E-state index is 0.0211. The Morgan fingerprint density at radius 1 is 1.59 bits per heavy atom. The van der Waals surface area contributed by atoms with Crippen LogP contribution in [-0.2, 0) is 4.79 Å². The lowest BCUT2D eigenvalue weighted by atomic mass is 9.98. The van der Waals surface area contributed by atoms with Gasteiger partial charge in [-0.15, -0.1) is 0 Å². The zero-order valence-corrected chi connectivity index (χ0v) is 10.3. The molecule has 3 atom stereocenters. The zero-order valence-electron chi connectivity index (χ0n) is 10.3. The second-order valence-electron chi connectivity index (χ2n) is 4.60. The second kappa shape index (κ2) is 5.86. The number of nitrogens with zero attached hydrogens (tertiary/aromatic N) is 1. The summed E-state index contributed by atoms with van der Waals surface area (Å²) >= 11 is 0. The lowest BCUT2D eigenvalue weighted by molar-refractivity contribution is -0.133. The fraction of sp³-hybridized carbons (Fsp3) is 0.818. The summed E-state index contributed by atoms with van der Waals surface area (Å²) in [5.41, 5.74) is 5.08. The Hall–Kier alpha value is -1.30. The number of hydrogen-bond acceptors (Lipinski definition) is 3. The number of aliphatic hydroxyl groups excluding tert-OH is 1. The SMILES string of the molecule is CCC(C)C(NC(N)=O)C(=O)N1CC[C@H](O)C1. The van der Waals surface area contributed by atoms with Crippen molar-refractivity contribution in [3.05, 3.63) is 0 Å². The average molecular weight is 243 g/mol. The molecule has 6 heteroatoms. The Labute approximate surface area is 101 Å². The summed E-state index contributed by atoms with van der Waals surface area (Å²) < 4.78 is 0. The number of amides is 3. The maximum Gasteiger partial charge on any atom is 0.312 e. The molecule has 1 heterocycles. The number of carbonyl (C=O) groups is 2. The summed E-state index contributed by atoms with van der Waals surface area (Å²) in [5.74, 6) is -0.137. The third-order valence-electron chi connectivity index (χ3n) is 3.25.